The van der Waals surface area contributed by atoms with E-state index in [-0.39, 0.29) is 11.4 Å². The van der Waals surface area contributed by atoms with Crippen LogP contribution < -0.4 is 5.73 Å². The summed E-state index contributed by atoms with van der Waals surface area (Å²) in [6, 6.07) is 6.79. The fourth-order valence-corrected chi connectivity index (χ4v) is 2.49. The van der Waals surface area contributed by atoms with Crippen molar-refractivity contribution in [3.63, 3.8) is 0 Å². The summed E-state index contributed by atoms with van der Waals surface area (Å²) in [6.07, 6.45) is 0. The van der Waals surface area contributed by atoms with Crippen molar-refractivity contribution >= 4 is 0 Å². The Balaban J connectivity index is 1.85. The van der Waals surface area contributed by atoms with E-state index in [9.17, 15) is 4.39 Å². The highest BCUT2D eigenvalue weighted by Gasteiger charge is 2.28. The van der Waals surface area contributed by atoms with Crippen LogP contribution in [0.3, 0.4) is 0 Å². The summed E-state index contributed by atoms with van der Waals surface area (Å²) in [5.74, 6) is -0.168. The van der Waals surface area contributed by atoms with Gasteiger partial charge in [-0.05, 0) is 31.5 Å². The SMILES string of the molecule is CC(C)(CN)N1CCN(Cc2ccc(F)cc2)CC1. The van der Waals surface area contributed by atoms with E-state index in [4.69, 9.17) is 5.73 Å². The van der Waals surface area contributed by atoms with Gasteiger partial charge in [0.2, 0.25) is 0 Å². The highest BCUT2D eigenvalue weighted by atomic mass is 19.1. The first-order valence-electron chi connectivity index (χ1n) is 6.93. The van der Waals surface area contributed by atoms with E-state index in [2.05, 4.69) is 23.6 Å². The summed E-state index contributed by atoms with van der Waals surface area (Å²) in [5, 5.41) is 0. The van der Waals surface area contributed by atoms with Gasteiger partial charge in [-0.25, -0.2) is 4.39 Å². The Morgan fingerprint density at radius 1 is 1.11 bits per heavy atom. The van der Waals surface area contributed by atoms with E-state index in [1.54, 1.807) is 0 Å². The van der Waals surface area contributed by atoms with Gasteiger partial charge < -0.3 is 5.73 Å². The maximum Gasteiger partial charge on any atom is 0.123 e. The molecule has 1 aliphatic rings. The van der Waals surface area contributed by atoms with Crippen molar-refractivity contribution in [2.75, 3.05) is 32.7 Å². The molecule has 0 radical (unpaired) electrons. The Morgan fingerprint density at radius 2 is 1.68 bits per heavy atom. The number of nitrogens with zero attached hydrogens (tertiary/aromatic N) is 2. The van der Waals surface area contributed by atoms with Gasteiger partial charge in [0, 0.05) is 44.8 Å². The lowest BCUT2D eigenvalue weighted by atomic mass is 10.0. The number of nitrogens with two attached hydrogens (primary N) is 1. The predicted octanol–water partition coefficient (Wildman–Crippen LogP) is 1.68. The Kier molecular flexibility index (Phi) is 4.55. The Bertz CT molecular complexity index is 394. The molecule has 0 aliphatic carbocycles. The monoisotopic (exact) mass is 265 g/mol. The Labute approximate surface area is 115 Å². The summed E-state index contributed by atoms with van der Waals surface area (Å²) >= 11 is 0. The third-order valence-electron chi connectivity index (χ3n) is 4.05. The van der Waals surface area contributed by atoms with Crippen molar-refractivity contribution in [3.8, 4) is 0 Å². The molecule has 0 bridgehead atoms. The van der Waals surface area contributed by atoms with Gasteiger partial charge in [-0.15, -0.1) is 0 Å². The van der Waals surface area contributed by atoms with Crippen LogP contribution in [-0.2, 0) is 6.54 Å². The molecule has 2 rings (SSSR count). The fraction of sp³-hybridized carbons (Fsp3) is 0.600. The molecule has 106 valence electrons. The van der Waals surface area contributed by atoms with Crippen molar-refractivity contribution in [1.29, 1.82) is 0 Å². The second kappa shape index (κ2) is 5.99. The van der Waals surface area contributed by atoms with Crippen LogP contribution >= 0.6 is 0 Å². The molecule has 0 spiro atoms. The molecular weight excluding hydrogens is 241 g/mol. The lowest BCUT2D eigenvalue weighted by Gasteiger charge is -2.43. The van der Waals surface area contributed by atoms with Gasteiger partial charge in [0.25, 0.3) is 0 Å². The largest absolute Gasteiger partial charge is 0.329 e. The highest BCUT2D eigenvalue weighted by Crippen LogP contribution is 2.17. The molecule has 1 aromatic carbocycles. The molecule has 0 amide bonds. The standard InChI is InChI=1S/C15H24FN3/c1-15(2,12-17)19-9-7-18(8-10-19)11-13-3-5-14(16)6-4-13/h3-6H,7-12,17H2,1-2H3. The van der Waals surface area contributed by atoms with Gasteiger partial charge in [-0.2, -0.15) is 0 Å². The number of hydrogen-bond donors (Lipinski definition) is 1. The molecule has 1 aromatic rings. The maximum atomic E-state index is 12.9. The van der Waals surface area contributed by atoms with Crippen molar-refractivity contribution in [2.45, 2.75) is 25.9 Å². The van der Waals surface area contributed by atoms with Crippen LogP contribution in [0.25, 0.3) is 0 Å². The third-order valence-corrected chi connectivity index (χ3v) is 4.05. The predicted molar refractivity (Wildman–Crippen MR) is 76.4 cm³/mol. The lowest BCUT2D eigenvalue weighted by Crippen LogP contribution is -2.57. The minimum absolute atomic E-state index is 0.0853. The smallest absolute Gasteiger partial charge is 0.123 e. The summed E-state index contributed by atoms with van der Waals surface area (Å²) in [5.41, 5.74) is 7.08. The first-order valence-corrected chi connectivity index (χ1v) is 6.93. The summed E-state index contributed by atoms with van der Waals surface area (Å²) in [7, 11) is 0. The van der Waals surface area contributed by atoms with Crippen LogP contribution in [-0.4, -0.2) is 48.1 Å². The third kappa shape index (κ3) is 3.75. The number of hydrogen-bond acceptors (Lipinski definition) is 3. The van der Waals surface area contributed by atoms with E-state index >= 15 is 0 Å². The van der Waals surface area contributed by atoms with E-state index in [0.29, 0.717) is 6.54 Å². The lowest BCUT2D eigenvalue weighted by molar-refractivity contribution is 0.0538. The molecule has 0 aromatic heterocycles. The average Bonchev–Trinajstić information content (AvgIpc) is 2.42. The minimum atomic E-state index is -0.168. The van der Waals surface area contributed by atoms with Gasteiger partial charge in [-0.1, -0.05) is 12.1 Å². The quantitative estimate of drug-likeness (QED) is 0.899. The van der Waals surface area contributed by atoms with Gasteiger partial charge in [0.05, 0.1) is 0 Å². The number of piperazine rings is 1. The molecular formula is C15H24FN3. The average molecular weight is 265 g/mol. The molecule has 1 heterocycles. The zero-order valence-electron chi connectivity index (χ0n) is 11.9. The molecule has 3 nitrogen and oxygen atoms in total. The van der Waals surface area contributed by atoms with E-state index in [1.165, 1.54) is 17.7 Å². The molecule has 4 heteroatoms. The van der Waals surface area contributed by atoms with Gasteiger partial charge in [0.1, 0.15) is 5.82 Å². The van der Waals surface area contributed by atoms with Crippen LogP contribution in [0.5, 0.6) is 0 Å². The summed E-state index contributed by atoms with van der Waals surface area (Å²) in [6.45, 7) is 10.2. The maximum absolute atomic E-state index is 12.9. The van der Waals surface area contributed by atoms with Crippen molar-refractivity contribution < 1.29 is 4.39 Å². The second-order valence-corrected chi connectivity index (χ2v) is 5.91. The van der Waals surface area contributed by atoms with Crippen LogP contribution in [0.1, 0.15) is 19.4 Å². The van der Waals surface area contributed by atoms with Crippen LogP contribution in [0.2, 0.25) is 0 Å². The zero-order valence-corrected chi connectivity index (χ0v) is 11.9. The minimum Gasteiger partial charge on any atom is -0.329 e. The molecule has 1 aliphatic heterocycles. The number of halogens is 1. The first-order chi connectivity index (χ1) is 9.01. The number of rotatable bonds is 4. The van der Waals surface area contributed by atoms with Gasteiger partial charge in [-0.3, -0.25) is 9.80 Å². The van der Waals surface area contributed by atoms with Gasteiger partial charge in [0.15, 0.2) is 0 Å². The number of benzene rings is 1. The van der Waals surface area contributed by atoms with Crippen LogP contribution in [0.4, 0.5) is 4.39 Å². The van der Waals surface area contributed by atoms with Crippen molar-refractivity contribution in [2.24, 2.45) is 5.73 Å². The van der Waals surface area contributed by atoms with Crippen LogP contribution in [0, 0.1) is 5.82 Å². The summed E-state index contributed by atoms with van der Waals surface area (Å²) in [4.78, 5) is 4.87. The van der Waals surface area contributed by atoms with Gasteiger partial charge >= 0.3 is 0 Å². The Morgan fingerprint density at radius 3 is 2.21 bits per heavy atom. The van der Waals surface area contributed by atoms with E-state index in [1.807, 2.05) is 12.1 Å². The van der Waals surface area contributed by atoms with Crippen molar-refractivity contribution in [3.05, 3.63) is 35.6 Å². The molecule has 1 fully saturated rings. The van der Waals surface area contributed by atoms with Crippen molar-refractivity contribution in [1.82, 2.24) is 9.80 Å². The molecule has 1 saturated heterocycles. The molecule has 0 unspecified atom stereocenters. The second-order valence-electron chi connectivity index (χ2n) is 5.91. The molecule has 2 N–H and O–H groups in total. The highest BCUT2D eigenvalue weighted by molar-refractivity contribution is 5.16. The zero-order chi connectivity index (χ0) is 13.9. The fourth-order valence-electron chi connectivity index (χ4n) is 2.49. The Hall–Kier alpha value is -0.970. The van der Waals surface area contributed by atoms with E-state index < -0.39 is 0 Å². The normalized spacial score (nSPS) is 18.7. The summed E-state index contributed by atoms with van der Waals surface area (Å²) < 4.78 is 12.9. The van der Waals surface area contributed by atoms with Crippen LogP contribution in [0.15, 0.2) is 24.3 Å². The molecule has 0 atom stereocenters. The molecule has 0 saturated carbocycles. The van der Waals surface area contributed by atoms with E-state index in [0.717, 1.165) is 32.7 Å². The molecule has 19 heavy (non-hydrogen) atoms. The topological polar surface area (TPSA) is 32.5 Å². The first kappa shape index (κ1) is 14.4.